The maximum Gasteiger partial charge on any atom is 0.0161 e. The van der Waals surface area contributed by atoms with Crippen LogP contribution in [0.4, 0.5) is 0 Å². The molecule has 0 aliphatic heterocycles. The Morgan fingerprint density at radius 2 is 0.857 bits per heavy atom. The average molecular weight is 1070 g/mol. The van der Waals surface area contributed by atoms with Gasteiger partial charge in [0.05, 0.1) is 0 Å². The van der Waals surface area contributed by atoms with Crippen molar-refractivity contribution in [1.82, 2.24) is 9.97 Å². The minimum absolute atomic E-state index is 0. The van der Waals surface area contributed by atoms with Crippen LogP contribution in [0.3, 0.4) is 0 Å². The van der Waals surface area contributed by atoms with Crippen molar-refractivity contribution >= 4 is 54.1 Å². The van der Waals surface area contributed by atoms with E-state index in [1.807, 2.05) is 24.5 Å². The van der Waals surface area contributed by atoms with Crippen molar-refractivity contribution in [3.63, 3.8) is 0 Å². The molecule has 4 heteroatoms. The second-order valence-electron chi connectivity index (χ2n) is 14.5. The van der Waals surface area contributed by atoms with E-state index in [1.165, 1.54) is 71.8 Å². The van der Waals surface area contributed by atoms with E-state index >= 15 is 0 Å². The molecule has 0 saturated heterocycles. The van der Waals surface area contributed by atoms with Gasteiger partial charge >= 0.3 is 0 Å². The fourth-order valence-corrected chi connectivity index (χ4v) is 8.81. The Labute approximate surface area is 354 Å². The summed E-state index contributed by atoms with van der Waals surface area (Å²) in [6.45, 7) is 9.16. The number of fused-ring (bicyclic) bond motifs is 9. The topological polar surface area (TPSA) is 25.8 Å². The number of aromatic nitrogens is 2. The summed E-state index contributed by atoms with van der Waals surface area (Å²) in [6, 6.07) is 55.2. The Morgan fingerprint density at radius 1 is 0.393 bits per heavy atom. The molecular weight excluding hydrogens is 1040 g/mol. The van der Waals surface area contributed by atoms with Crippen LogP contribution in [0.2, 0.25) is 0 Å². The maximum absolute atomic E-state index is 4.82. The predicted molar refractivity (Wildman–Crippen MR) is 228 cm³/mol. The molecule has 274 valence electrons. The number of pyridine rings is 2. The van der Waals surface area contributed by atoms with Crippen molar-refractivity contribution in [3.05, 3.63) is 180 Å². The van der Waals surface area contributed by atoms with E-state index in [1.54, 1.807) is 0 Å². The predicted octanol–water partition coefficient (Wildman–Crippen LogP) is 13.7. The summed E-state index contributed by atoms with van der Waals surface area (Å²) < 4.78 is 0. The Kier molecular flexibility index (Phi) is 10.0. The minimum Gasteiger partial charge on any atom is -0.304 e. The summed E-state index contributed by atoms with van der Waals surface area (Å²) >= 11 is 0. The summed E-state index contributed by atoms with van der Waals surface area (Å²) in [4.78, 5) is 9.50. The van der Waals surface area contributed by atoms with Gasteiger partial charge in [0.1, 0.15) is 0 Å². The van der Waals surface area contributed by atoms with E-state index in [4.69, 9.17) is 4.98 Å². The molecule has 2 heterocycles. The van der Waals surface area contributed by atoms with Gasteiger partial charge in [0.2, 0.25) is 0 Å². The first-order valence-corrected chi connectivity index (χ1v) is 18.6. The fraction of sp³-hybridized carbons (Fsp3) is 0.0769. The van der Waals surface area contributed by atoms with Gasteiger partial charge in [-0.05, 0) is 112 Å². The molecule has 0 N–H and O–H groups in total. The molecular formula is C52H36Ir2N2-2. The van der Waals surface area contributed by atoms with Crippen molar-refractivity contribution in [2.45, 2.75) is 27.7 Å². The molecule has 2 nitrogen and oxygen atoms in total. The van der Waals surface area contributed by atoms with Crippen LogP contribution < -0.4 is 0 Å². The molecule has 56 heavy (non-hydrogen) atoms. The number of hydrogen-bond acceptors (Lipinski definition) is 2. The first-order chi connectivity index (χ1) is 26.5. The summed E-state index contributed by atoms with van der Waals surface area (Å²) in [6.07, 6.45) is 3.74. The van der Waals surface area contributed by atoms with Crippen molar-refractivity contribution < 1.29 is 40.2 Å². The maximum atomic E-state index is 4.82. The summed E-state index contributed by atoms with van der Waals surface area (Å²) in [5, 5.41) is 9.16. The molecule has 0 amide bonds. The van der Waals surface area contributed by atoms with E-state index < -0.39 is 0 Å². The Bertz CT molecular complexity index is 3100. The monoisotopic (exact) mass is 1070 g/mol. The molecule has 10 rings (SSSR count). The molecule has 0 atom stereocenters. The van der Waals surface area contributed by atoms with Crippen LogP contribution in [0.1, 0.15) is 22.3 Å². The van der Waals surface area contributed by atoms with Crippen LogP contribution in [-0.4, -0.2) is 9.97 Å². The third kappa shape index (κ3) is 5.92. The SMILES string of the molecule is Cc1c(C)c(-c2ccccc2-c2c[c-]c3c(c2)c2ccccc2c2cccnc32)c(C)c(C)c1-c1ccccc1-c1c[c-]c2c(ccc3cccnc32)c1.[Ir].[Ir]. The third-order valence-corrected chi connectivity index (χ3v) is 11.6. The Morgan fingerprint density at radius 3 is 1.48 bits per heavy atom. The molecule has 10 aromatic rings. The zero-order valence-corrected chi connectivity index (χ0v) is 36.2. The normalized spacial score (nSPS) is 11.3. The second kappa shape index (κ2) is 15.0. The van der Waals surface area contributed by atoms with Gasteiger partial charge in [-0.3, -0.25) is 0 Å². The quantitative estimate of drug-likeness (QED) is 0.130. The van der Waals surface area contributed by atoms with Crippen molar-refractivity contribution in [1.29, 1.82) is 0 Å². The van der Waals surface area contributed by atoms with Gasteiger partial charge in [-0.25, -0.2) is 0 Å². The van der Waals surface area contributed by atoms with E-state index in [9.17, 15) is 0 Å². The standard InChI is InChI=1S/C52H36N2.2Ir/c1-31-33(3)50(45-19-10-6-15-40(45)38-24-26-47-48(30-38)43-17-8-7-16-42(43)46-20-12-28-54-52(46)47)34(4)32(2)49(31)44-18-9-5-14-39(44)36-23-25-41-37(29-36)22-21-35-13-11-27-53-51(35)41;;/h5-24,27-30H,1-4H3;;/q-2;;. The second-order valence-corrected chi connectivity index (χ2v) is 14.5. The van der Waals surface area contributed by atoms with E-state index in [-0.39, 0.29) is 40.2 Å². The van der Waals surface area contributed by atoms with Crippen LogP contribution in [0.25, 0.3) is 98.6 Å². The minimum atomic E-state index is 0. The van der Waals surface area contributed by atoms with E-state index in [0.29, 0.717) is 0 Å². The van der Waals surface area contributed by atoms with Gasteiger partial charge in [-0.1, -0.05) is 130 Å². The average Bonchev–Trinajstić information content (AvgIpc) is 3.23. The zero-order valence-electron chi connectivity index (χ0n) is 31.4. The number of benzene rings is 8. The molecule has 2 aromatic heterocycles. The van der Waals surface area contributed by atoms with Gasteiger partial charge in [0, 0.05) is 52.6 Å². The molecule has 0 fully saturated rings. The van der Waals surface area contributed by atoms with Crippen LogP contribution in [0.5, 0.6) is 0 Å². The molecule has 0 unspecified atom stereocenters. The smallest absolute Gasteiger partial charge is 0.0161 e. The van der Waals surface area contributed by atoms with Crippen LogP contribution in [-0.2, 0) is 40.2 Å². The summed E-state index contributed by atoms with van der Waals surface area (Å²) in [5.74, 6) is 0. The summed E-state index contributed by atoms with van der Waals surface area (Å²) in [7, 11) is 0. The van der Waals surface area contributed by atoms with Gasteiger partial charge in [-0.15, -0.1) is 52.6 Å². The zero-order chi connectivity index (χ0) is 36.5. The number of nitrogens with zero attached hydrogens (tertiary/aromatic N) is 2. The van der Waals surface area contributed by atoms with Crippen LogP contribution >= 0.6 is 0 Å². The first-order valence-electron chi connectivity index (χ1n) is 18.6. The fourth-order valence-electron chi connectivity index (χ4n) is 8.81. The molecule has 0 spiro atoms. The van der Waals surface area contributed by atoms with Gasteiger partial charge in [0.15, 0.2) is 0 Å². The first kappa shape index (κ1) is 37.6. The number of rotatable bonds is 4. The van der Waals surface area contributed by atoms with Crippen LogP contribution in [0, 0.1) is 39.8 Å². The largest absolute Gasteiger partial charge is 0.304 e. The Hall–Kier alpha value is -5.34. The molecule has 8 aromatic carbocycles. The molecule has 2 radical (unpaired) electrons. The molecule has 0 saturated carbocycles. The molecule has 0 bridgehead atoms. The Balaban J connectivity index is 0.00000220. The van der Waals surface area contributed by atoms with E-state index in [2.05, 4.69) is 166 Å². The van der Waals surface area contributed by atoms with Gasteiger partial charge in [0.25, 0.3) is 0 Å². The van der Waals surface area contributed by atoms with Crippen LogP contribution in [0.15, 0.2) is 146 Å². The van der Waals surface area contributed by atoms with Gasteiger partial charge < -0.3 is 9.97 Å². The molecule has 0 aliphatic rings. The van der Waals surface area contributed by atoms with Gasteiger partial charge in [-0.2, -0.15) is 0 Å². The molecule has 0 aliphatic carbocycles. The van der Waals surface area contributed by atoms with Crippen molar-refractivity contribution in [2.24, 2.45) is 0 Å². The third-order valence-electron chi connectivity index (χ3n) is 11.6. The van der Waals surface area contributed by atoms with Crippen molar-refractivity contribution in [3.8, 4) is 44.5 Å². The summed E-state index contributed by atoms with van der Waals surface area (Å²) in [5.41, 5.74) is 16.9. The number of hydrogen-bond donors (Lipinski definition) is 0. The van der Waals surface area contributed by atoms with Crippen molar-refractivity contribution in [2.75, 3.05) is 0 Å². The van der Waals surface area contributed by atoms with E-state index in [0.717, 1.165) is 49.1 Å².